The molecule has 0 aliphatic heterocycles. The van der Waals surface area contributed by atoms with Crippen molar-refractivity contribution in [2.24, 2.45) is 10.2 Å². The highest BCUT2D eigenvalue weighted by atomic mass is 15.1. The first-order valence-electron chi connectivity index (χ1n) is 9.91. The first-order chi connectivity index (χ1) is 12.2. The van der Waals surface area contributed by atoms with E-state index in [1.807, 2.05) is 0 Å². The van der Waals surface area contributed by atoms with Gasteiger partial charge in [-0.05, 0) is 45.9 Å². The fourth-order valence-corrected chi connectivity index (χ4v) is 3.35. The number of rotatable bonds is 6. The first-order valence-corrected chi connectivity index (χ1v) is 9.91. The van der Waals surface area contributed by atoms with E-state index in [9.17, 15) is 0 Å². The molecular weight excluding hydrogens is 316 g/mol. The van der Waals surface area contributed by atoms with Crippen molar-refractivity contribution in [3.63, 3.8) is 0 Å². The molecule has 0 saturated heterocycles. The molecule has 0 aliphatic carbocycles. The zero-order valence-corrected chi connectivity index (χ0v) is 17.7. The molecule has 140 valence electrons. The zero-order valence-electron chi connectivity index (χ0n) is 17.7. The number of hydrogen-bond acceptors (Lipinski definition) is 2. The van der Waals surface area contributed by atoms with Gasteiger partial charge in [0.25, 0.3) is 0 Å². The summed E-state index contributed by atoms with van der Waals surface area (Å²) in [6, 6.07) is 13.0. The zero-order chi connectivity index (χ0) is 19.4. The lowest BCUT2D eigenvalue weighted by Crippen LogP contribution is -1.96. The van der Waals surface area contributed by atoms with Crippen LogP contribution in [0.2, 0.25) is 0 Å². The van der Waals surface area contributed by atoms with E-state index in [1.165, 1.54) is 22.3 Å². The largest absolute Gasteiger partial charge is 0.150 e. The Hall–Kier alpha value is -1.96. The van der Waals surface area contributed by atoms with Crippen LogP contribution in [0.5, 0.6) is 0 Å². The first kappa shape index (κ1) is 20.4. The standard InChI is InChI=1S/C24H34N2/c1-15(2)19-11-9-12-20(16(3)4)23(19)25-26-24-21(17(5)6)13-10-14-22(24)18(7)8/h9-18H,1-8H3. The summed E-state index contributed by atoms with van der Waals surface area (Å²) in [4.78, 5) is 0. The van der Waals surface area contributed by atoms with Gasteiger partial charge >= 0.3 is 0 Å². The van der Waals surface area contributed by atoms with Crippen molar-refractivity contribution < 1.29 is 0 Å². The molecule has 0 atom stereocenters. The summed E-state index contributed by atoms with van der Waals surface area (Å²) in [7, 11) is 0. The minimum Gasteiger partial charge on any atom is -0.150 e. The lowest BCUT2D eigenvalue weighted by atomic mass is 9.92. The number of azo groups is 1. The molecule has 0 heterocycles. The summed E-state index contributed by atoms with van der Waals surface area (Å²) < 4.78 is 0. The van der Waals surface area contributed by atoms with Gasteiger partial charge in [-0.2, -0.15) is 0 Å². The molecule has 0 amide bonds. The summed E-state index contributed by atoms with van der Waals surface area (Å²) in [6.45, 7) is 17.8. The molecule has 0 fully saturated rings. The van der Waals surface area contributed by atoms with Crippen LogP contribution in [0.1, 0.15) is 101 Å². The van der Waals surface area contributed by atoms with Gasteiger partial charge in [0.05, 0.1) is 11.4 Å². The van der Waals surface area contributed by atoms with Crippen LogP contribution in [0, 0.1) is 0 Å². The van der Waals surface area contributed by atoms with Gasteiger partial charge in [-0.1, -0.05) is 91.8 Å². The fraction of sp³-hybridized carbons (Fsp3) is 0.500. The molecule has 0 saturated carbocycles. The molecule has 0 unspecified atom stereocenters. The Balaban J connectivity index is 2.65. The minimum atomic E-state index is 0.424. The molecule has 2 rings (SSSR count). The molecule has 2 nitrogen and oxygen atoms in total. The van der Waals surface area contributed by atoms with Crippen LogP contribution in [0.25, 0.3) is 0 Å². The Morgan fingerprint density at radius 2 is 0.692 bits per heavy atom. The lowest BCUT2D eigenvalue weighted by molar-refractivity contribution is 0.819. The van der Waals surface area contributed by atoms with Gasteiger partial charge in [-0.3, -0.25) is 0 Å². The van der Waals surface area contributed by atoms with E-state index in [2.05, 4.69) is 91.8 Å². The van der Waals surface area contributed by atoms with Crippen molar-refractivity contribution in [3.05, 3.63) is 58.7 Å². The maximum absolute atomic E-state index is 4.83. The second-order valence-corrected chi connectivity index (χ2v) is 8.39. The van der Waals surface area contributed by atoms with Gasteiger partial charge in [0.1, 0.15) is 0 Å². The van der Waals surface area contributed by atoms with Crippen LogP contribution < -0.4 is 0 Å². The maximum Gasteiger partial charge on any atom is 0.0926 e. The molecule has 2 aromatic rings. The van der Waals surface area contributed by atoms with Gasteiger partial charge in [0, 0.05) is 0 Å². The van der Waals surface area contributed by atoms with Crippen molar-refractivity contribution >= 4 is 11.4 Å². The van der Waals surface area contributed by atoms with Crippen LogP contribution in [0.3, 0.4) is 0 Å². The van der Waals surface area contributed by atoms with E-state index in [0.29, 0.717) is 23.7 Å². The molecule has 0 bridgehead atoms. The highest BCUT2D eigenvalue weighted by molar-refractivity contribution is 5.58. The monoisotopic (exact) mass is 350 g/mol. The van der Waals surface area contributed by atoms with Gasteiger partial charge < -0.3 is 0 Å². The van der Waals surface area contributed by atoms with Crippen molar-refractivity contribution in [3.8, 4) is 0 Å². The van der Waals surface area contributed by atoms with Gasteiger partial charge in [-0.15, -0.1) is 10.2 Å². The van der Waals surface area contributed by atoms with Crippen LogP contribution in [-0.2, 0) is 0 Å². The van der Waals surface area contributed by atoms with E-state index in [-0.39, 0.29) is 0 Å². The summed E-state index contributed by atoms with van der Waals surface area (Å²) in [6.07, 6.45) is 0. The second-order valence-electron chi connectivity index (χ2n) is 8.39. The van der Waals surface area contributed by atoms with E-state index < -0.39 is 0 Å². The van der Waals surface area contributed by atoms with Crippen molar-refractivity contribution in [1.82, 2.24) is 0 Å². The highest BCUT2D eigenvalue weighted by Crippen LogP contribution is 2.39. The highest BCUT2D eigenvalue weighted by Gasteiger charge is 2.16. The Morgan fingerprint density at radius 3 is 0.885 bits per heavy atom. The molecule has 0 radical (unpaired) electrons. The third-order valence-electron chi connectivity index (χ3n) is 4.93. The van der Waals surface area contributed by atoms with Crippen LogP contribution >= 0.6 is 0 Å². The average molecular weight is 351 g/mol. The van der Waals surface area contributed by atoms with Gasteiger partial charge in [0.2, 0.25) is 0 Å². The molecule has 0 aromatic heterocycles. The van der Waals surface area contributed by atoms with E-state index in [1.54, 1.807) is 0 Å². The average Bonchev–Trinajstić information content (AvgIpc) is 2.58. The molecule has 2 aromatic carbocycles. The van der Waals surface area contributed by atoms with Crippen molar-refractivity contribution in [2.45, 2.75) is 79.1 Å². The quantitative estimate of drug-likeness (QED) is 0.466. The van der Waals surface area contributed by atoms with E-state index >= 15 is 0 Å². The molecule has 26 heavy (non-hydrogen) atoms. The molecule has 0 N–H and O–H groups in total. The van der Waals surface area contributed by atoms with Crippen LogP contribution in [-0.4, -0.2) is 0 Å². The summed E-state index contributed by atoms with van der Waals surface area (Å²) in [5.74, 6) is 1.69. The summed E-state index contributed by atoms with van der Waals surface area (Å²) in [5, 5.41) is 9.66. The van der Waals surface area contributed by atoms with Crippen LogP contribution in [0.15, 0.2) is 46.6 Å². The Kier molecular flexibility index (Phi) is 6.75. The Morgan fingerprint density at radius 1 is 0.462 bits per heavy atom. The molecular formula is C24H34N2. The third kappa shape index (κ3) is 4.41. The predicted molar refractivity (Wildman–Crippen MR) is 113 cm³/mol. The van der Waals surface area contributed by atoms with E-state index in [0.717, 1.165) is 11.4 Å². The van der Waals surface area contributed by atoms with Crippen molar-refractivity contribution in [2.75, 3.05) is 0 Å². The summed E-state index contributed by atoms with van der Waals surface area (Å²) >= 11 is 0. The topological polar surface area (TPSA) is 24.7 Å². The summed E-state index contributed by atoms with van der Waals surface area (Å²) in [5.41, 5.74) is 7.18. The van der Waals surface area contributed by atoms with Crippen molar-refractivity contribution in [1.29, 1.82) is 0 Å². The number of hydrogen-bond donors (Lipinski definition) is 0. The normalized spacial score (nSPS) is 12.3. The molecule has 0 spiro atoms. The third-order valence-corrected chi connectivity index (χ3v) is 4.93. The number of nitrogens with zero attached hydrogens (tertiary/aromatic N) is 2. The molecule has 0 aliphatic rings. The SMILES string of the molecule is CC(C)c1cccc(C(C)C)c1N=Nc1c(C(C)C)cccc1C(C)C. The van der Waals surface area contributed by atoms with Crippen LogP contribution in [0.4, 0.5) is 11.4 Å². The lowest BCUT2D eigenvalue weighted by Gasteiger charge is -2.17. The smallest absolute Gasteiger partial charge is 0.0926 e. The van der Waals surface area contributed by atoms with Gasteiger partial charge in [0.15, 0.2) is 0 Å². The van der Waals surface area contributed by atoms with E-state index in [4.69, 9.17) is 10.2 Å². The maximum atomic E-state index is 4.83. The second kappa shape index (κ2) is 8.62. The van der Waals surface area contributed by atoms with Gasteiger partial charge in [-0.25, -0.2) is 0 Å². The molecule has 2 heteroatoms. The predicted octanol–water partition coefficient (Wildman–Crippen LogP) is 8.60. The fourth-order valence-electron chi connectivity index (χ4n) is 3.35. The minimum absolute atomic E-state index is 0.424. The Labute approximate surface area is 159 Å². The Bertz CT molecular complexity index is 650. The number of benzene rings is 2.